The molecule has 4 nitrogen and oxygen atoms in total. The van der Waals surface area contributed by atoms with Crippen molar-refractivity contribution >= 4 is 24.2 Å². The van der Waals surface area contributed by atoms with Crippen molar-refractivity contribution in [1.29, 1.82) is 0 Å². The average molecular weight is 362 g/mol. The van der Waals surface area contributed by atoms with E-state index in [9.17, 15) is 8.78 Å². The zero-order chi connectivity index (χ0) is 17.0. The second-order valence-corrected chi connectivity index (χ2v) is 9.49. The summed E-state index contributed by atoms with van der Waals surface area (Å²) in [5, 5.41) is 0. The molecule has 128 valence electrons. The van der Waals surface area contributed by atoms with Crippen LogP contribution in [0.5, 0.6) is 0 Å². The maximum absolute atomic E-state index is 13.4. The summed E-state index contributed by atoms with van der Waals surface area (Å²) in [6.07, 6.45) is -1.51. The Kier molecular flexibility index (Phi) is 6.12. The van der Waals surface area contributed by atoms with Crippen molar-refractivity contribution in [3.8, 4) is 0 Å². The number of aliphatic imine (C=N–C) groups is 1. The van der Waals surface area contributed by atoms with Gasteiger partial charge in [0.15, 0.2) is 6.42 Å². The molecular formula is C15H21F2N2O2PS. The van der Waals surface area contributed by atoms with Crippen LogP contribution in [0.3, 0.4) is 0 Å². The van der Waals surface area contributed by atoms with Crippen molar-refractivity contribution in [1.82, 2.24) is 4.67 Å². The summed E-state index contributed by atoms with van der Waals surface area (Å²) >= 11 is 5.68. The standard InChI is InChI=1S/C15H21F2N2O2PS/c1-4-21-22(23,5-2)19-6-7-20-15(19)18-11(3)12-8-13(16)10-14(17)9-12/h8-11H,4-7H2,1-3H3. The molecule has 0 saturated carbocycles. The molecule has 23 heavy (non-hydrogen) atoms. The van der Waals surface area contributed by atoms with Crippen molar-refractivity contribution in [3.63, 3.8) is 0 Å². The minimum absolute atomic E-state index is 0.404. The van der Waals surface area contributed by atoms with Crippen LogP contribution in [-0.2, 0) is 21.1 Å². The Labute approximate surface area is 140 Å². The molecule has 0 aliphatic carbocycles. The van der Waals surface area contributed by atoms with Gasteiger partial charge in [0.05, 0.1) is 19.2 Å². The molecule has 1 aromatic carbocycles. The fourth-order valence-electron chi connectivity index (χ4n) is 2.37. The van der Waals surface area contributed by atoms with Crippen LogP contribution in [0.1, 0.15) is 32.4 Å². The minimum atomic E-state index is -2.21. The van der Waals surface area contributed by atoms with Gasteiger partial charge in [-0.15, -0.1) is 0 Å². The summed E-state index contributed by atoms with van der Waals surface area (Å²) in [7, 11) is 0. The SMILES string of the molecule is CCOP(=S)(CC)N1CCOC1=NC(C)c1cc(F)cc(F)c1. The van der Waals surface area contributed by atoms with Crippen molar-refractivity contribution < 1.29 is 18.0 Å². The van der Waals surface area contributed by atoms with E-state index in [1.807, 2.05) is 18.5 Å². The molecule has 1 fully saturated rings. The molecule has 8 heteroatoms. The summed E-state index contributed by atoms with van der Waals surface area (Å²) in [5.41, 5.74) is 0.451. The first-order valence-electron chi connectivity index (χ1n) is 7.57. The second-order valence-electron chi connectivity index (χ2n) is 5.13. The van der Waals surface area contributed by atoms with E-state index in [0.717, 1.165) is 6.07 Å². The van der Waals surface area contributed by atoms with Crippen LogP contribution in [0.4, 0.5) is 8.78 Å². The van der Waals surface area contributed by atoms with Gasteiger partial charge in [-0.2, -0.15) is 0 Å². The molecular weight excluding hydrogens is 341 g/mol. The Hall–Kier alpha value is -1.04. The van der Waals surface area contributed by atoms with Crippen LogP contribution in [0.15, 0.2) is 23.2 Å². The number of benzene rings is 1. The van der Waals surface area contributed by atoms with E-state index in [1.165, 1.54) is 12.1 Å². The quantitative estimate of drug-likeness (QED) is 0.714. The number of halogens is 2. The first-order valence-corrected chi connectivity index (χ1v) is 10.4. The molecule has 0 radical (unpaired) electrons. The van der Waals surface area contributed by atoms with Crippen molar-refractivity contribution in [2.24, 2.45) is 4.99 Å². The Balaban J connectivity index is 2.27. The van der Waals surface area contributed by atoms with E-state index in [1.54, 1.807) is 6.92 Å². The lowest BCUT2D eigenvalue weighted by molar-refractivity contribution is 0.346. The molecule has 0 aromatic heterocycles. The third-order valence-electron chi connectivity index (χ3n) is 3.52. The van der Waals surface area contributed by atoms with E-state index < -0.39 is 24.1 Å². The maximum atomic E-state index is 13.4. The fraction of sp³-hybridized carbons (Fsp3) is 0.533. The first kappa shape index (κ1) is 18.3. The predicted octanol–water partition coefficient (Wildman–Crippen LogP) is 4.08. The third kappa shape index (κ3) is 4.28. The molecule has 2 rings (SSSR count). The van der Waals surface area contributed by atoms with Crippen LogP contribution >= 0.6 is 6.42 Å². The van der Waals surface area contributed by atoms with Gasteiger partial charge in [-0.05, 0) is 43.4 Å². The minimum Gasteiger partial charge on any atom is -0.463 e. The molecule has 0 bridgehead atoms. The largest absolute Gasteiger partial charge is 0.463 e. The molecule has 1 saturated heterocycles. The van der Waals surface area contributed by atoms with Gasteiger partial charge in [-0.3, -0.25) is 4.67 Å². The van der Waals surface area contributed by atoms with Gasteiger partial charge in [-0.25, -0.2) is 13.8 Å². The maximum Gasteiger partial charge on any atom is 0.293 e. The summed E-state index contributed by atoms with van der Waals surface area (Å²) in [4.78, 5) is 4.47. The van der Waals surface area contributed by atoms with E-state index in [-0.39, 0.29) is 0 Å². The monoisotopic (exact) mass is 362 g/mol. The predicted molar refractivity (Wildman–Crippen MR) is 91.3 cm³/mol. The summed E-state index contributed by atoms with van der Waals surface area (Å²) < 4.78 is 40.0. The van der Waals surface area contributed by atoms with E-state index in [4.69, 9.17) is 21.1 Å². The summed E-state index contributed by atoms with van der Waals surface area (Å²) in [5.74, 6) is -1.24. The van der Waals surface area contributed by atoms with Gasteiger partial charge < -0.3 is 9.26 Å². The molecule has 2 unspecified atom stereocenters. The number of hydrogen-bond acceptors (Lipinski definition) is 4. The summed E-state index contributed by atoms with van der Waals surface area (Å²) in [6.45, 7) is 7.28. The summed E-state index contributed by atoms with van der Waals surface area (Å²) in [6, 6.07) is 3.34. The van der Waals surface area contributed by atoms with E-state index in [0.29, 0.717) is 37.5 Å². The molecule has 1 aromatic rings. The highest BCUT2D eigenvalue weighted by molar-refractivity contribution is 8.11. The van der Waals surface area contributed by atoms with Gasteiger partial charge >= 0.3 is 0 Å². The Morgan fingerprint density at radius 2 is 2.00 bits per heavy atom. The number of ether oxygens (including phenoxy) is 1. The topological polar surface area (TPSA) is 34.1 Å². The van der Waals surface area contributed by atoms with Crippen molar-refractivity contribution in [2.75, 3.05) is 25.9 Å². The highest BCUT2D eigenvalue weighted by Gasteiger charge is 2.33. The number of nitrogens with zero attached hydrogens (tertiary/aromatic N) is 2. The zero-order valence-corrected chi connectivity index (χ0v) is 15.2. The van der Waals surface area contributed by atoms with Gasteiger partial charge in [0.2, 0.25) is 0 Å². The zero-order valence-electron chi connectivity index (χ0n) is 13.5. The third-order valence-corrected chi connectivity index (χ3v) is 7.77. The normalized spacial score (nSPS) is 20.4. The van der Waals surface area contributed by atoms with Crippen molar-refractivity contribution in [2.45, 2.75) is 26.8 Å². The van der Waals surface area contributed by atoms with Gasteiger partial charge in [0, 0.05) is 12.2 Å². The molecule has 1 aliphatic rings. The second kappa shape index (κ2) is 7.69. The van der Waals surface area contributed by atoms with Crippen molar-refractivity contribution in [3.05, 3.63) is 35.4 Å². The van der Waals surface area contributed by atoms with Crippen LogP contribution in [-0.4, -0.2) is 36.6 Å². The Morgan fingerprint density at radius 3 is 2.57 bits per heavy atom. The van der Waals surface area contributed by atoms with Gasteiger partial charge in [0.1, 0.15) is 18.2 Å². The highest BCUT2D eigenvalue weighted by Crippen LogP contribution is 2.52. The van der Waals surface area contributed by atoms with Crippen LogP contribution in [0.25, 0.3) is 0 Å². The number of rotatable bonds is 6. The van der Waals surface area contributed by atoms with Crippen LogP contribution < -0.4 is 0 Å². The lowest BCUT2D eigenvalue weighted by atomic mass is 10.1. The Bertz CT molecular complexity index is 622. The number of hydrogen-bond donors (Lipinski definition) is 0. The average Bonchev–Trinajstić information content (AvgIpc) is 2.95. The molecule has 0 spiro atoms. The van der Waals surface area contributed by atoms with Crippen LogP contribution in [0, 0.1) is 11.6 Å². The lowest BCUT2D eigenvalue weighted by Crippen LogP contribution is -2.25. The number of amidine groups is 1. The lowest BCUT2D eigenvalue weighted by Gasteiger charge is -2.30. The van der Waals surface area contributed by atoms with E-state index in [2.05, 4.69) is 4.99 Å². The smallest absolute Gasteiger partial charge is 0.293 e. The van der Waals surface area contributed by atoms with Gasteiger partial charge in [0.25, 0.3) is 6.02 Å². The first-order chi connectivity index (χ1) is 10.9. The molecule has 1 heterocycles. The van der Waals surface area contributed by atoms with Gasteiger partial charge in [-0.1, -0.05) is 6.92 Å². The molecule has 0 N–H and O–H groups in total. The molecule has 0 amide bonds. The van der Waals surface area contributed by atoms with Crippen LogP contribution in [0.2, 0.25) is 0 Å². The molecule has 1 aliphatic heterocycles. The van der Waals surface area contributed by atoms with E-state index >= 15 is 0 Å². The Morgan fingerprint density at radius 1 is 1.35 bits per heavy atom. The highest BCUT2D eigenvalue weighted by atomic mass is 32.4. The molecule has 2 atom stereocenters. The fourth-order valence-corrected chi connectivity index (χ4v) is 4.96.